The van der Waals surface area contributed by atoms with Crippen LogP contribution in [0.3, 0.4) is 0 Å². The minimum Gasteiger partial charge on any atom is -0.366 e. The molecule has 1 amide bonds. The molecule has 1 aliphatic rings. The topological polar surface area (TPSA) is 38.3 Å². The lowest BCUT2D eigenvalue weighted by Gasteiger charge is -2.25. The molecule has 0 aromatic carbocycles. The molecule has 0 unspecified atom stereocenters. The van der Waals surface area contributed by atoms with Gasteiger partial charge in [0.2, 0.25) is 5.91 Å². The molecule has 1 aliphatic heterocycles. The first-order chi connectivity index (χ1) is 4.70. The van der Waals surface area contributed by atoms with Gasteiger partial charge in [-0.25, -0.2) is 0 Å². The van der Waals surface area contributed by atoms with Crippen molar-refractivity contribution in [2.45, 2.75) is 20.0 Å². The second-order valence-electron chi connectivity index (χ2n) is 2.90. The van der Waals surface area contributed by atoms with E-state index in [9.17, 15) is 4.79 Å². The van der Waals surface area contributed by atoms with Crippen molar-refractivity contribution in [2.75, 3.05) is 13.2 Å². The van der Waals surface area contributed by atoms with Gasteiger partial charge in [0.1, 0.15) is 6.61 Å². The third-order valence-electron chi connectivity index (χ3n) is 1.67. The predicted octanol–water partition coefficient (Wildman–Crippen LogP) is 0.157. The summed E-state index contributed by atoms with van der Waals surface area (Å²) in [4.78, 5) is 10.6. The summed E-state index contributed by atoms with van der Waals surface area (Å²) < 4.78 is 5.24. The Morgan fingerprint density at radius 3 is 2.80 bits per heavy atom. The normalized spacial score (nSPS) is 26.7. The zero-order chi connectivity index (χ0) is 7.56. The number of hydrogen-bond acceptors (Lipinski definition) is 2. The second kappa shape index (κ2) is 3.01. The summed E-state index contributed by atoms with van der Waals surface area (Å²) in [5.41, 5.74) is 0. The first-order valence-electron chi connectivity index (χ1n) is 3.58. The standard InChI is InChI=1S/C7H13NO2/c1-5(2)6-3-8-7(9)4-10-6/h5-6H,3-4H2,1-2H3,(H,8,9)/t6-/m0/s1. The maximum atomic E-state index is 10.6. The molecule has 0 spiro atoms. The number of carbonyl (C=O) groups excluding carboxylic acids is 1. The largest absolute Gasteiger partial charge is 0.366 e. The van der Waals surface area contributed by atoms with Crippen LogP contribution in [0.15, 0.2) is 0 Å². The predicted molar refractivity (Wildman–Crippen MR) is 37.6 cm³/mol. The van der Waals surface area contributed by atoms with Crippen molar-refractivity contribution >= 4 is 5.91 Å². The number of carbonyl (C=O) groups is 1. The molecule has 0 aliphatic carbocycles. The molecular formula is C7H13NO2. The van der Waals surface area contributed by atoms with Crippen LogP contribution >= 0.6 is 0 Å². The van der Waals surface area contributed by atoms with E-state index in [2.05, 4.69) is 19.2 Å². The maximum absolute atomic E-state index is 10.6. The Morgan fingerprint density at radius 1 is 1.70 bits per heavy atom. The van der Waals surface area contributed by atoms with E-state index in [-0.39, 0.29) is 18.6 Å². The number of nitrogens with one attached hydrogen (secondary N) is 1. The highest BCUT2D eigenvalue weighted by Gasteiger charge is 2.20. The Bertz CT molecular complexity index is 124. The van der Waals surface area contributed by atoms with Crippen LogP contribution in [-0.4, -0.2) is 25.2 Å². The van der Waals surface area contributed by atoms with Gasteiger partial charge in [0.05, 0.1) is 6.10 Å². The molecule has 0 bridgehead atoms. The van der Waals surface area contributed by atoms with Gasteiger partial charge in [-0.2, -0.15) is 0 Å². The number of hydrogen-bond donors (Lipinski definition) is 1. The second-order valence-corrected chi connectivity index (χ2v) is 2.90. The Kier molecular flexibility index (Phi) is 2.27. The zero-order valence-electron chi connectivity index (χ0n) is 6.39. The monoisotopic (exact) mass is 143 g/mol. The smallest absolute Gasteiger partial charge is 0.246 e. The van der Waals surface area contributed by atoms with Gasteiger partial charge < -0.3 is 10.1 Å². The summed E-state index contributed by atoms with van der Waals surface area (Å²) >= 11 is 0. The van der Waals surface area contributed by atoms with Crippen LogP contribution < -0.4 is 5.32 Å². The molecule has 1 rings (SSSR count). The van der Waals surface area contributed by atoms with Crippen LogP contribution in [-0.2, 0) is 9.53 Å². The van der Waals surface area contributed by atoms with Gasteiger partial charge in [0.15, 0.2) is 0 Å². The highest BCUT2D eigenvalue weighted by molar-refractivity contribution is 5.77. The van der Waals surface area contributed by atoms with Crippen LogP contribution in [0.5, 0.6) is 0 Å². The van der Waals surface area contributed by atoms with Gasteiger partial charge in [-0.1, -0.05) is 13.8 Å². The molecule has 3 nitrogen and oxygen atoms in total. The van der Waals surface area contributed by atoms with Crippen LogP contribution in [0.4, 0.5) is 0 Å². The van der Waals surface area contributed by atoms with Crippen molar-refractivity contribution in [1.82, 2.24) is 5.32 Å². The van der Waals surface area contributed by atoms with Crippen molar-refractivity contribution in [1.29, 1.82) is 0 Å². The van der Waals surface area contributed by atoms with Crippen molar-refractivity contribution in [3.05, 3.63) is 0 Å². The number of morpholine rings is 1. The fourth-order valence-electron chi connectivity index (χ4n) is 0.935. The summed E-state index contributed by atoms with van der Waals surface area (Å²) in [5.74, 6) is 0.484. The van der Waals surface area contributed by atoms with E-state index >= 15 is 0 Å². The summed E-state index contributed by atoms with van der Waals surface area (Å²) in [7, 11) is 0. The highest BCUT2D eigenvalue weighted by Crippen LogP contribution is 2.07. The van der Waals surface area contributed by atoms with E-state index in [0.29, 0.717) is 12.5 Å². The molecule has 1 N–H and O–H groups in total. The van der Waals surface area contributed by atoms with Crippen LogP contribution in [0.25, 0.3) is 0 Å². The van der Waals surface area contributed by atoms with E-state index in [4.69, 9.17) is 4.74 Å². The van der Waals surface area contributed by atoms with E-state index in [1.54, 1.807) is 0 Å². The van der Waals surface area contributed by atoms with E-state index in [1.807, 2.05) is 0 Å². The molecule has 0 aromatic rings. The number of rotatable bonds is 1. The zero-order valence-corrected chi connectivity index (χ0v) is 6.39. The first-order valence-corrected chi connectivity index (χ1v) is 3.58. The summed E-state index contributed by atoms with van der Waals surface area (Å²) in [6, 6.07) is 0. The van der Waals surface area contributed by atoms with Gasteiger partial charge in [0, 0.05) is 6.54 Å². The molecule has 10 heavy (non-hydrogen) atoms. The molecule has 3 heteroatoms. The average molecular weight is 143 g/mol. The molecule has 1 fully saturated rings. The van der Waals surface area contributed by atoms with Crippen molar-refractivity contribution in [2.24, 2.45) is 5.92 Å². The molecule has 0 saturated carbocycles. The maximum Gasteiger partial charge on any atom is 0.246 e. The van der Waals surface area contributed by atoms with Gasteiger partial charge >= 0.3 is 0 Å². The number of ether oxygens (including phenoxy) is 1. The Hall–Kier alpha value is -0.570. The SMILES string of the molecule is CC(C)[C@@H]1CNC(=O)CO1. The summed E-state index contributed by atoms with van der Waals surface area (Å²) in [6.45, 7) is 5.06. The van der Waals surface area contributed by atoms with Crippen LogP contribution in [0, 0.1) is 5.92 Å². The fourth-order valence-corrected chi connectivity index (χ4v) is 0.935. The first kappa shape index (κ1) is 7.54. The third kappa shape index (κ3) is 1.70. The molecule has 0 radical (unpaired) electrons. The van der Waals surface area contributed by atoms with E-state index in [0.717, 1.165) is 0 Å². The molecule has 58 valence electrons. The summed E-state index contributed by atoms with van der Waals surface area (Å²) in [6.07, 6.45) is 0.206. The minimum absolute atomic E-state index is 0.00287. The molecule has 1 heterocycles. The minimum atomic E-state index is -0.00287. The average Bonchev–Trinajstić information content (AvgIpc) is 1.88. The lowest BCUT2D eigenvalue weighted by molar-refractivity contribution is -0.134. The molecule has 1 saturated heterocycles. The van der Waals surface area contributed by atoms with Gasteiger partial charge in [-0.3, -0.25) is 4.79 Å². The van der Waals surface area contributed by atoms with Gasteiger partial charge in [-0.15, -0.1) is 0 Å². The Labute approximate surface area is 60.7 Å². The molecule has 0 aromatic heterocycles. The van der Waals surface area contributed by atoms with Crippen molar-refractivity contribution < 1.29 is 9.53 Å². The van der Waals surface area contributed by atoms with Gasteiger partial charge in [0.25, 0.3) is 0 Å². The van der Waals surface area contributed by atoms with E-state index in [1.165, 1.54) is 0 Å². The van der Waals surface area contributed by atoms with Crippen LogP contribution in [0.2, 0.25) is 0 Å². The lowest BCUT2D eigenvalue weighted by Crippen LogP contribution is -2.45. The third-order valence-corrected chi connectivity index (χ3v) is 1.67. The molecular weight excluding hydrogens is 130 g/mol. The molecule has 1 atom stereocenters. The van der Waals surface area contributed by atoms with E-state index < -0.39 is 0 Å². The quantitative estimate of drug-likeness (QED) is 0.567. The Morgan fingerprint density at radius 2 is 2.40 bits per heavy atom. The fraction of sp³-hybridized carbons (Fsp3) is 0.857. The lowest BCUT2D eigenvalue weighted by atomic mass is 10.1. The van der Waals surface area contributed by atoms with Crippen molar-refractivity contribution in [3.63, 3.8) is 0 Å². The highest BCUT2D eigenvalue weighted by atomic mass is 16.5. The van der Waals surface area contributed by atoms with Crippen LogP contribution in [0.1, 0.15) is 13.8 Å². The Balaban J connectivity index is 2.33. The van der Waals surface area contributed by atoms with Crippen molar-refractivity contribution in [3.8, 4) is 0 Å². The number of amides is 1. The van der Waals surface area contributed by atoms with Gasteiger partial charge in [-0.05, 0) is 5.92 Å². The summed E-state index contributed by atoms with van der Waals surface area (Å²) in [5, 5.41) is 2.75.